The monoisotopic (exact) mass is 238 g/mol. The third-order valence-electron chi connectivity index (χ3n) is 2.37. The van der Waals surface area contributed by atoms with Gasteiger partial charge in [0.1, 0.15) is 0 Å². The predicted octanol–water partition coefficient (Wildman–Crippen LogP) is 1.03. The van der Waals surface area contributed by atoms with Gasteiger partial charge in [-0.2, -0.15) is 11.8 Å². The number of carbonyl (C=O) groups is 1. The minimum atomic E-state index is 0. The Labute approximate surface area is 96.2 Å². The first-order valence-corrected chi connectivity index (χ1v) is 6.06. The van der Waals surface area contributed by atoms with Crippen LogP contribution in [0.25, 0.3) is 0 Å². The first kappa shape index (κ1) is 14.1. The van der Waals surface area contributed by atoms with E-state index < -0.39 is 0 Å². The van der Waals surface area contributed by atoms with Crippen LogP contribution in [0.4, 0.5) is 0 Å². The van der Waals surface area contributed by atoms with Crippen molar-refractivity contribution in [3.05, 3.63) is 0 Å². The van der Waals surface area contributed by atoms with Crippen LogP contribution in [-0.4, -0.2) is 36.5 Å². The largest absolute Gasteiger partial charge is 0.351 e. The smallest absolute Gasteiger partial charge is 0.233 e. The second-order valence-corrected chi connectivity index (χ2v) is 4.61. The minimum Gasteiger partial charge on any atom is -0.351 e. The van der Waals surface area contributed by atoms with Crippen LogP contribution in [0.3, 0.4) is 0 Å². The number of piperidine rings is 1. The van der Waals surface area contributed by atoms with Crippen LogP contribution in [0.1, 0.15) is 19.8 Å². The summed E-state index contributed by atoms with van der Waals surface area (Å²) >= 11 is 1.59. The average Bonchev–Trinajstić information content (AvgIpc) is 2.18. The highest BCUT2D eigenvalue weighted by molar-refractivity contribution is 7.99. The van der Waals surface area contributed by atoms with Crippen LogP contribution in [0.5, 0.6) is 0 Å². The molecule has 1 amide bonds. The van der Waals surface area contributed by atoms with E-state index in [1.54, 1.807) is 11.8 Å². The third kappa shape index (κ3) is 4.53. The molecule has 0 spiro atoms. The van der Waals surface area contributed by atoms with E-state index in [9.17, 15) is 4.79 Å². The van der Waals surface area contributed by atoms with Crippen LogP contribution in [-0.2, 0) is 4.79 Å². The fourth-order valence-electron chi connectivity index (χ4n) is 1.40. The molecule has 84 valence electrons. The average molecular weight is 239 g/mol. The van der Waals surface area contributed by atoms with Crippen molar-refractivity contribution < 1.29 is 4.79 Å². The maximum absolute atomic E-state index is 11.5. The van der Waals surface area contributed by atoms with Crippen molar-refractivity contribution in [2.75, 3.05) is 19.3 Å². The molecule has 2 atom stereocenters. The van der Waals surface area contributed by atoms with Crippen LogP contribution in [0.15, 0.2) is 0 Å². The molecule has 0 aromatic rings. The second kappa shape index (κ2) is 7.37. The predicted molar refractivity (Wildman–Crippen MR) is 64.3 cm³/mol. The Balaban J connectivity index is 0.00000169. The van der Waals surface area contributed by atoms with Crippen LogP contribution in [0, 0.1) is 0 Å². The number of nitrogens with one attached hydrogen (secondary N) is 2. The van der Waals surface area contributed by atoms with Crippen molar-refractivity contribution in [1.82, 2.24) is 10.6 Å². The number of rotatable bonds is 3. The van der Waals surface area contributed by atoms with Crippen molar-refractivity contribution in [3.8, 4) is 0 Å². The summed E-state index contributed by atoms with van der Waals surface area (Å²) in [4.78, 5) is 11.5. The number of hydrogen-bond acceptors (Lipinski definition) is 3. The highest BCUT2D eigenvalue weighted by Gasteiger charge is 2.18. The minimum absolute atomic E-state index is 0. The van der Waals surface area contributed by atoms with E-state index in [4.69, 9.17) is 0 Å². The van der Waals surface area contributed by atoms with Gasteiger partial charge < -0.3 is 10.6 Å². The molecule has 3 nitrogen and oxygen atoms in total. The highest BCUT2D eigenvalue weighted by Crippen LogP contribution is 2.07. The summed E-state index contributed by atoms with van der Waals surface area (Å²) < 4.78 is 0. The molecule has 0 aromatic carbocycles. The molecule has 1 aliphatic heterocycles. The highest BCUT2D eigenvalue weighted by atomic mass is 35.5. The first-order valence-electron chi connectivity index (χ1n) is 4.78. The fourth-order valence-corrected chi connectivity index (χ4v) is 1.68. The number of halogens is 1. The van der Waals surface area contributed by atoms with Gasteiger partial charge in [0.25, 0.3) is 0 Å². The summed E-state index contributed by atoms with van der Waals surface area (Å²) in [7, 11) is 0. The lowest BCUT2D eigenvalue weighted by Crippen LogP contribution is -2.47. The van der Waals surface area contributed by atoms with Gasteiger partial charge in [0.15, 0.2) is 0 Å². The molecule has 1 fully saturated rings. The molecule has 1 unspecified atom stereocenters. The molecular weight excluding hydrogens is 220 g/mol. The number of thioether (sulfide) groups is 1. The molecule has 14 heavy (non-hydrogen) atoms. The Morgan fingerprint density at radius 1 is 1.64 bits per heavy atom. The van der Waals surface area contributed by atoms with E-state index in [1.807, 2.05) is 13.2 Å². The fraction of sp³-hybridized carbons (Fsp3) is 0.889. The van der Waals surface area contributed by atoms with Crippen molar-refractivity contribution in [2.24, 2.45) is 0 Å². The third-order valence-corrected chi connectivity index (χ3v) is 3.29. The van der Waals surface area contributed by atoms with Gasteiger partial charge in [-0.05, 0) is 32.6 Å². The normalized spacial score (nSPS) is 23.4. The summed E-state index contributed by atoms with van der Waals surface area (Å²) in [5, 5.41) is 6.39. The number of amides is 1. The van der Waals surface area contributed by atoms with Gasteiger partial charge in [0.2, 0.25) is 5.91 Å². The topological polar surface area (TPSA) is 41.1 Å². The van der Waals surface area contributed by atoms with Gasteiger partial charge >= 0.3 is 0 Å². The van der Waals surface area contributed by atoms with Crippen molar-refractivity contribution >= 4 is 30.1 Å². The zero-order valence-corrected chi connectivity index (χ0v) is 10.3. The van der Waals surface area contributed by atoms with Gasteiger partial charge in [0.05, 0.1) is 5.25 Å². The Morgan fingerprint density at radius 2 is 2.36 bits per heavy atom. The summed E-state index contributed by atoms with van der Waals surface area (Å²) in [6, 6.07) is 0.343. The lowest BCUT2D eigenvalue weighted by molar-refractivity contribution is -0.121. The molecule has 1 heterocycles. The number of hydrogen-bond donors (Lipinski definition) is 2. The van der Waals surface area contributed by atoms with Crippen LogP contribution in [0.2, 0.25) is 0 Å². The Hall–Kier alpha value is 0.0700. The zero-order chi connectivity index (χ0) is 9.68. The molecule has 0 aromatic heterocycles. The van der Waals surface area contributed by atoms with E-state index in [2.05, 4.69) is 10.6 Å². The van der Waals surface area contributed by atoms with E-state index in [0.717, 1.165) is 19.5 Å². The second-order valence-electron chi connectivity index (χ2n) is 3.43. The molecule has 1 aliphatic rings. The standard InChI is InChI=1S/C9H18N2OS.ClH/c1-7(13-2)9(12)11-8-4-3-5-10-6-8;/h7-8,10H,3-6H2,1-2H3,(H,11,12);1H/t7?,8-;/m1./s1. The first-order chi connectivity index (χ1) is 6.24. The van der Waals surface area contributed by atoms with Gasteiger partial charge in [-0.25, -0.2) is 0 Å². The molecule has 0 aliphatic carbocycles. The van der Waals surface area contributed by atoms with E-state index in [-0.39, 0.29) is 23.6 Å². The van der Waals surface area contributed by atoms with Gasteiger partial charge in [0, 0.05) is 12.6 Å². The molecule has 0 bridgehead atoms. The Morgan fingerprint density at radius 3 is 2.86 bits per heavy atom. The van der Waals surface area contributed by atoms with E-state index in [0.29, 0.717) is 6.04 Å². The van der Waals surface area contributed by atoms with Crippen molar-refractivity contribution in [3.63, 3.8) is 0 Å². The van der Waals surface area contributed by atoms with Crippen LogP contribution < -0.4 is 10.6 Å². The Bertz CT molecular complexity index is 174. The Kier molecular flexibility index (Phi) is 7.41. The zero-order valence-electron chi connectivity index (χ0n) is 8.71. The molecule has 0 saturated carbocycles. The molecule has 0 radical (unpaired) electrons. The lowest BCUT2D eigenvalue weighted by atomic mass is 10.1. The molecule has 5 heteroatoms. The lowest BCUT2D eigenvalue weighted by Gasteiger charge is -2.24. The SMILES string of the molecule is CSC(C)C(=O)N[C@@H]1CCCNC1.Cl. The molecule has 2 N–H and O–H groups in total. The van der Waals surface area contributed by atoms with Gasteiger partial charge in [-0.1, -0.05) is 0 Å². The van der Waals surface area contributed by atoms with Gasteiger partial charge in [-0.15, -0.1) is 12.4 Å². The van der Waals surface area contributed by atoms with Crippen molar-refractivity contribution in [2.45, 2.75) is 31.1 Å². The summed E-state index contributed by atoms with van der Waals surface area (Å²) in [6.45, 7) is 3.95. The maximum Gasteiger partial charge on any atom is 0.233 e. The summed E-state index contributed by atoms with van der Waals surface area (Å²) in [6.07, 6.45) is 4.24. The van der Waals surface area contributed by atoms with Gasteiger partial charge in [-0.3, -0.25) is 4.79 Å². The molecule has 1 saturated heterocycles. The van der Waals surface area contributed by atoms with Crippen molar-refractivity contribution in [1.29, 1.82) is 0 Å². The summed E-state index contributed by atoms with van der Waals surface area (Å²) in [5.41, 5.74) is 0. The van der Waals surface area contributed by atoms with Crippen LogP contribution >= 0.6 is 24.2 Å². The number of carbonyl (C=O) groups excluding carboxylic acids is 1. The quantitative estimate of drug-likeness (QED) is 0.772. The summed E-state index contributed by atoms with van der Waals surface area (Å²) in [5.74, 6) is 0.168. The van der Waals surface area contributed by atoms with E-state index >= 15 is 0 Å². The molecule has 1 rings (SSSR count). The van der Waals surface area contributed by atoms with E-state index in [1.165, 1.54) is 6.42 Å². The molecular formula is C9H19ClN2OS. The maximum atomic E-state index is 11.5.